The Morgan fingerprint density at radius 3 is 3.07 bits per heavy atom. The number of nitrogens with one attached hydrogen (secondary N) is 1. The molecule has 0 radical (unpaired) electrons. The molecule has 0 aliphatic carbocycles. The predicted octanol–water partition coefficient (Wildman–Crippen LogP) is 2.17. The molecule has 15 heavy (non-hydrogen) atoms. The maximum Gasteiger partial charge on any atom is 0.0584 e. The van der Waals surface area contributed by atoms with Crippen LogP contribution >= 0.6 is 11.6 Å². The number of piperidine rings is 1. The van der Waals surface area contributed by atoms with Gasteiger partial charge in [-0.25, -0.2) is 0 Å². The summed E-state index contributed by atoms with van der Waals surface area (Å²) in [5.41, 5.74) is 1.29. The van der Waals surface area contributed by atoms with E-state index in [1.165, 1.54) is 5.56 Å². The first-order chi connectivity index (χ1) is 7.29. The van der Waals surface area contributed by atoms with Crippen molar-refractivity contribution in [2.75, 3.05) is 13.2 Å². The summed E-state index contributed by atoms with van der Waals surface area (Å²) in [7, 11) is 0. The molecule has 2 rings (SSSR count). The number of hydrogen-bond donors (Lipinski definition) is 2. The SMILES string of the molecule is OCC1CC(c2cccc(Cl)c2)CCN1. The Labute approximate surface area is 95.3 Å². The lowest BCUT2D eigenvalue weighted by Gasteiger charge is -2.29. The summed E-state index contributed by atoms with van der Waals surface area (Å²) in [6, 6.07) is 8.29. The number of aliphatic hydroxyl groups excluding tert-OH is 1. The molecular formula is C12H16ClNO. The molecule has 1 aromatic carbocycles. The van der Waals surface area contributed by atoms with Gasteiger partial charge in [0.05, 0.1) is 6.61 Å². The fraction of sp³-hybridized carbons (Fsp3) is 0.500. The minimum absolute atomic E-state index is 0.219. The van der Waals surface area contributed by atoms with E-state index in [1.807, 2.05) is 18.2 Å². The van der Waals surface area contributed by atoms with Crippen LogP contribution in [0.5, 0.6) is 0 Å². The summed E-state index contributed by atoms with van der Waals surface area (Å²) in [6.07, 6.45) is 2.12. The van der Waals surface area contributed by atoms with Crippen molar-refractivity contribution in [3.05, 3.63) is 34.9 Å². The maximum atomic E-state index is 9.12. The third kappa shape index (κ3) is 2.71. The number of halogens is 1. The summed E-state index contributed by atoms with van der Waals surface area (Å²) >= 11 is 5.97. The Morgan fingerprint density at radius 2 is 2.33 bits per heavy atom. The van der Waals surface area contributed by atoms with E-state index in [1.54, 1.807) is 0 Å². The second-order valence-electron chi connectivity index (χ2n) is 4.11. The van der Waals surface area contributed by atoms with Gasteiger partial charge in [0, 0.05) is 11.1 Å². The van der Waals surface area contributed by atoms with Crippen LogP contribution in [0.1, 0.15) is 24.3 Å². The molecule has 2 unspecified atom stereocenters. The van der Waals surface area contributed by atoms with E-state index < -0.39 is 0 Å². The highest BCUT2D eigenvalue weighted by molar-refractivity contribution is 6.30. The Bertz CT molecular complexity index is 329. The van der Waals surface area contributed by atoms with Gasteiger partial charge in [-0.05, 0) is 43.0 Å². The minimum Gasteiger partial charge on any atom is -0.395 e. The number of benzene rings is 1. The monoisotopic (exact) mass is 225 g/mol. The lowest BCUT2D eigenvalue weighted by molar-refractivity contribution is 0.210. The Kier molecular flexibility index (Phi) is 3.62. The van der Waals surface area contributed by atoms with Crippen molar-refractivity contribution in [3.8, 4) is 0 Å². The van der Waals surface area contributed by atoms with Crippen LogP contribution in [0.15, 0.2) is 24.3 Å². The van der Waals surface area contributed by atoms with Gasteiger partial charge in [0.15, 0.2) is 0 Å². The molecule has 1 fully saturated rings. The summed E-state index contributed by atoms with van der Waals surface area (Å²) in [5, 5.41) is 13.2. The number of rotatable bonds is 2. The predicted molar refractivity (Wildman–Crippen MR) is 62.3 cm³/mol. The Balaban J connectivity index is 2.09. The molecule has 2 atom stereocenters. The van der Waals surface area contributed by atoms with Gasteiger partial charge in [-0.15, -0.1) is 0 Å². The Morgan fingerprint density at radius 1 is 1.47 bits per heavy atom. The van der Waals surface area contributed by atoms with Crippen LogP contribution in [-0.4, -0.2) is 24.3 Å². The van der Waals surface area contributed by atoms with Gasteiger partial charge in [-0.3, -0.25) is 0 Å². The van der Waals surface area contributed by atoms with E-state index in [9.17, 15) is 0 Å². The van der Waals surface area contributed by atoms with Crippen molar-refractivity contribution in [2.24, 2.45) is 0 Å². The van der Waals surface area contributed by atoms with E-state index in [0.29, 0.717) is 5.92 Å². The van der Waals surface area contributed by atoms with E-state index in [0.717, 1.165) is 24.4 Å². The molecule has 2 nitrogen and oxygen atoms in total. The van der Waals surface area contributed by atoms with Crippen LogP contribution in [-0.2, 0) is 0 Å². The van der Waals surface area contributed by atoms with Gasteiger partial charge in [0.2, 0.25) is 0 Å². The fourth-order valence-electron chi connectivity index (χ4n) is 2.21. The highest BCUT2D eigenvalue weighted by atomic mass is 35.5. The second-order valence-corrected chi connectivity index (χ2v) is 4.55. The minimum atomic E-state index is 0.219. The maximum absolute atomic E-state index is 9.12. The fourth-order valence-corrected chi connectivity index (χ4v) is 2.41. The molecule has 0 amide bonds. The van der Waals surface area contributed by atoms with Crippen molar-refractivity contribution in [2.45, 2.75) is 24.8 Å². The highest BCUT2D eigenvalue weighted by Gasteiger charge is 2.21. The van der Waals surface area contributed by atoms with Crippen LogP contribution in [0, 0.1) is 0 Å². The normalized spacial score (nSPS) is 26.5. The van der Waals surface area contributed by atoms with Crippen LogP contribution in [0.4, 0.5) is 0 Å². The van der Waals surface area contributed by atoms with Gasteiger partial charge in [0.1, 0.15) is 0 Å². The van der Waals surface area contributed by atoms with Gasteiger partial charge in [-0.1, -0.05) is 23.7 Å². The summed E-state index contributed by atoms with van der Waals surface area (Å²) in [4.78, 5) is 0. The zero-order valence-electron chi connectivity index (χ0n) is 8.62. The molecule has 0 bridgehead atoms. The van der Waals surface area contributed by atoms with Crippen molar-refractivity contribution in [3.63, 3.8) is 0 Å². The molecule has 1 saturated heterocycles. The van der Waals surface area contributed by atoms with E-state index in [4.69, 9.17) is 16.7 Å². The quantitative estimate of drug-likeness (QED) is 0.809. The summed E-state index contributed by atoms with van der Waals surface area (Å²) in [5.74, 6) is 0.530. The summed E-state index contributed by atoms with van der Waals surface area (Å²) < 4.78 is 0. The molecule has 3 heteroatoms. The zero-order chi connectivity index (χ0) is 10.7. The van der Waals surface area contributed by atoms with Crippen LogP contribution < -0.4 is 5.32 Å². The van der Waals surface area contributed by atoms with Gasteiger partial charge < -0.3 is 10.4 Å². The topological polar surface area (TPSA) is 32.3 Å². The second kappa shape index (κ2) is 4.97. The third-order valence-electron chi connectivity index (χ3n) is 3.04. The number of aliphatic hydroxyl groups is 1. The first-order valence-corrected chi connectivity index (χ1v) is 5.77. The lowest BCUT2D eigenvalue weighted by Crippen LogP contribution is -2.39. The molecule has 1 aliphatic rings. The zero-order valence-corrected chi connectivity index (χ0v) is 9.37. The third-order valence-corrected chi connectivity index (χ3v) is 3.27. The van der Waals surface area contributed by atoms with Crippen molar-refractivity contribution in [1.82, 2.24) is 5.32 Å². The molecule has 0 aromatic heterocycles. The molecule has 0 spiro atoms. The molecule has 82 valence electrons. The smallest absolute Gasteiger partial charge is 0.0584 e. The molecule has 1 heterocycles. The first kappa shape index (κ1) is 10.9. The Hall–Kier alpha value is -0.570. The molecular weight excluding hydrogens is 210 g/mol. The van der Waals surface area contributed by atoms with Crippen LogP contribution in [0.25, 0.3) is 0 Å². The molecule has 1 aromatic rings. The number of hydrogen-bond acceptors (Lipinski definition) is 2. The lowest BCUT2D eigenvalue weighted by atomic mass is 9.87. The average molecular weight is 226 g/mol. The van der Waals surface area contributed by atoms with Crippen molar-refractivity contribution in [1.29, 1.82) is 0 Å². The van der Waals surface area contributed by atoms with Crippen LogP contribution in [0.3, 0.4) is 0 Å². The standard InChI is InChI=1S/C12H16ClNO/c13-11-3-1-2-9(6-11)10-4-5-14-12(7-10)8-15/h1-3,6,10,12,14-15H,4-5,7-8H2. The average Bonchev–Trinajstić information content (AvgIpc) is 2.29. The molecule has 1 aliphatic heterocycles. The van der Waals surface area contributed by atoms with E-state index in [-0.39, 0.29) is 12.6 Å². The highest BCUT2D eigenvalue weighted by Crippen LogP contribution is 2.28. The van der Waals surface area contributed by atoms with Crippen molar-refractivity contribution >= 4 is 11.6 Å². The molecule has 2 N–H and O–H groups in total. The summed E-state index contributed by atoms with van der Waals surface area (Å²) in [6.45, 7) is 1.19. The first-order valence-electron chi connectivity index (χ1n) is 5.39. The van der Waals surface area contributed by atoms with Gasteiger partial charge in [0.25, 0.3) is 0 Å². The molecule has 0 saturated carbocycles. The van der Waals surface area contributed by atoms with Crippen LogP contribution in [0.2, 0.25) is 5.02 Å². The van der Waals surface area contributed by atoms with E-state index in [2.05, 4.69) is 11.4 Å². The largest absolute Gasteiger partial charge is 0.395 e. The van der Waals surface area contributed by atoms with Crippen molar-refractivity contribution < 1.29 is 5.11 Å². The van der Waals surface area contributed by atoms with Gasteiger partial charge >= 0.3 is 0 Å². The van der Waals surface area contributed by atoms with Gasteiger partial charge in [-0.2, -0.15) is 0 Å². The van der Waals surface area contributed by atoms with E-state index >= 15 is 0 Å².